The predicted octanol–water partition coefficient (Wildman–Crippen LogP) is 3.38. The topological polar surface area (TPSA) is 81.9 Å². The molecule has 2 heterocycles. The summed E-state index contributed by atoms with van der Waals surface area (Å²) < 4.78 is 21.5. The maximum atomic E-state index is 14.7. The molecule has 1 atom stereocenters. The molecular formula is C21H22FN5O2. The third-order valence-electron chi connectivity index (χ3n) is 4.86. The molecule has 1 aliphatic rings. The van der Waals surface area contributed by atoms with Crippen molar-refractivity contribution in [2.45, 2.75) is 39.3 Å². The Morgan fingerprint density at radius 2 is 2.07 bits per heavy atom. The maximum Gasteiger partial charge on any atom is 0.253 e. The molecule has 2 aromatic carbocycles. The number of nitrogens with one attached hydrogen (secondary N) is 1. The molecule has 29 heavy (non-hydrogen) atoms. The van der Waals surface area contributed by atoms with Crippen molar-refractivity contribution in [3.8, 4) is 16.8 Å². The number of rotatable bonds is 5. The monoisotopic (exact) mass is 395 g/mol. The van der Waals surface area contributed by atoms with Gasteiger partial charge in [-0.1, -0.05) is 26.0 Å². The number of tetrazole rings is 1. The molecule has 0 spiro atoms. The minimum absolute atomic E-state index is 0.0745. The molecule has 0 aliphatic carbocycles. The second-order valence-corrected chi connectivity index (χ2v) is 7.48. The number of aromatic nitrogens is 4. The predicted molar refractivity (Wildman–Crippen MR) is 105 cm³/mol. The van der Waals surface area contributed by atoms with Crippen LogP contribution in [-0.4, -0.2) is 38.9 Å². The van der Waals surface area contributed by atoms with Crippen LogP contribution >= 0.6 is 0 Å². The Kier molecular flexibility index (Phi) is 5.10. The summed E-state index contributed by atoms with van der Waals surface area (Å²) in [5.74, 6) is 0.0896. The second kappa shape index (κ2) is 7.71. The molecule has 4 rings (SSSR count). The van der Waals surface area contributed by atoms with E-state index in [-0.39, 0.29) is 23.9 Å². The molecule has 1 saturated heterocycles. The van der Waals surface area contributed by atoms with E-state index in [0.29, 0.717) is 34.8 Å². The molecule has 1 fully saturated rings. The van der Waals surface area contributed by atoms with Crippen LogP contribution in [0.4, 0.5) is 4.39 Å². The first kappa shape index (κ1) is 19.2. The Morgan fingerprint density at radius 1 is 1.28 bits per heavy atom. The molecule has 0 saturated carbocycles. The molecule has 0 bridgehead atoms. The quantitative estimate of drug-likeness (QED) is 0.716. The summed E-state index contributed by atoms with van der Waals surface area (Å²) in [6.45, 7) is 6.42. The van der Waals surface area contributed by atoms with Gasteiger partial charge in [-0.05, 0) is 52.7 Å². The summed E-state index contributed by atoms with van der Waals surface area (Å²) in [6, 6.07) is 10.2. The summed E-state index contributed by atoms with van der Waals surface area (Å²) in [5, 5.41) is 14.7. The fraction of sp³-hybridized carbons (Fsp3) is 0.333. The summed E-state index contributed by atoms with van der Waals surface area (Å²) in [5.41, 5.74) is 2.79. The van der Waals surface area contributed by atoms with Gasteiger partial charge >= 0.3 is 0 Å². The molecule has 1 aliphatic heterocycles. The van der Waals surface area contributed by atoms with Gasteiger partial charge in [-0.15, -0.1) is 5.10 Å². The standard InChI is InChI=1S/C21H22FN5O2/c1-12(2)20-24-25-26-27(20)16-10-14(17-5-4-13(3)8-18(17)22)9-15(11-16)21(28)23-19-6-7-29-19/h4-5,8-12,19H,6-7H2,1-3H3,(H,23,28). The van der Waals surface area contributed by atoms with Gasteiger partial charge in [-0.25, -0.2) is 4.39 Å². The van der Waals surface area contributed by atoms with Crippen molar-refractivity contribution in [1.82, 2.24) is 25.5 Å². The van der Waals surface area contributed by atoms with Crippen LogP contribution in [0.1, 0.15) is 47.9 Å². The first-order valence-electron chi connectivity index (χ1n) is 9.55. The molecule has 1 amide bonds. The third kappa shape index (κ3) is 3.88. The first-order chi connectivity index (χ1) is 13.9. The Hall–Kier alpha value is -3.13. The summed E-state index contributed by atoms with van der Waals surface area (Å²) in [7, 11) is 0. The smallest absolute Gasteiger partial charge is 0.253 e. The number of aryl methyl sites for hydroxylation is 1. The van der Waals surface area contributed by atoms with Gasteiger partial charge in [-0.2, -0.15) is 4.68 Å². The van der Waals surface area contributed by atoms with Gasteiger partial charge in [-0.3, -0.25) is 4.79 Å². The van der Waals surface area contributed by atoms with Crippen LogP contribution in [-0.2, 0) is 4.74 Å². The van der Waals surface area contributed by atoms with Crippen LogP contribution in [0.25, 0.3) is 16.8 Å². The summed E-state index contributed by atoms with van der Waals surface area (Å²) in [4.78, 5) is 12.8. The van der Waals surface area contributed by atoms with Crippen molar-refractivity contribution in [1.29, 1.82) is 0 Å². The molecular weight excluding hydrogens is 373 g/mol. The van der Waals surface area contributed by atoms with Crippen LogP contribution in [0.5, 0.6) is 0 Å². The third-order valence-corrected chi connectivity index (χ3v) is 4.86. The van der Waals surface area contributed by atoms with Gasteiger partial charge in [0.05, 0.1) is 12.3 Å². The van der Waals surface area contributed by atoms with E-state index >= 15 is 0 Å². The zero-order valence-electron chi connectivity index (χ0n) is 16.5. The highest BCUT2D eigenvalue weighted by Gasteiger charge is 2.22. The largest absolute Gasteiger partial charge is 0.358 e. The number of nitrogens with zero attached hydrogens (tertiary/aromatic N) is 4. The minimum atomic E-state index is -0.350. The number of carbonyl (C=O) groups excluding carboxylic acids is 1. The summed E-state index contributed by atoms with van der Waals surface area (Å²) >= 11 is 0. The molecule has 8 heteroatoms. The van der Waals surface area contributed by atoms with Gasteiger partial charge in [0.25, 0.3) is 5.91 Å². The van der Waals surface area contributed by atoms with E-state index in [2.05, 4.69) is 20.8 Å². The number of ether oxygens (including phenoxy) is 1. The Bertz CT molecular complexity index is 1060. The van der Waals surface area contributed by atoms with Gasteiger partial charge < -0.3 is 10.1 Å². The van der Waals surface area contributed by atoms with Crippen LogP contribution in [0.15, 0.2) is 36.4 Å². The van der Waals surface area contributed by atoms with E-state index in [0.717, 1.165) is 12.0 Å². The number of carbonyl (C=O) groups is 1. The van der Waals surface area contributed by atoms with Crippen molar-refractivity contribution in [2.24, 2.45) is 0 Å². The van der Waals surface area contributed by atoms with Gasteiger partial charge in [0.2, 0.25) is 0 Å². The highest BCUT2D eigenvalue weighted by Crippen LogP contribution is 2.28. The molecule has 1 unspecified atom stereocenters. The molecule has 7 nitrogen and oxygen atoms in total. The van der Waals surface area contributed by atoms with Gasteiger partial charge in [0.1, 0.15) is 12.0 Å². The number of amides is 1. The number of halogens is 1. The van der Waals surface area contributed by atoms with E-state index in [1.807, 2.05) is 26.8 Å². The van der Waals surface area contributed by atoms with E-state index in [1.54, 1.807) is 28.9 Å². The van der Waals surface area contributed by atoms with E-state index in [1.165, 1.54) is 6.07 Å². The average molecular weight is 395 g/mol. The average Bonchev–Trinajstić information content (AvgIpc) is 3.14. The normalized spacial score (nSPS) is 16.0. The minimum Gasteiger partial charge on any atom is -0.358 e. The Morgan fingerprint density at radius 3 is 2.72 bits per heavy atom. The number of hydrogen-bond donors (Lipinski definition) is 1. The van der Waals surface area contributed by atoms with E-state index < -0.39 is 0 Å². The van der Waals surface area contributed by atoms with E-state index in [4.69, 9.17) is 4.74 Å². The number of hydrogen-bond acceptors (Lipinski definition) is 5. The van der Waals surface area contributed by atoms with Crippen molar-refractivity contribution in [3.05, 3.63) is 59.2 Å². The van der Waals surface area contributed by atoms with Crippen molar-refractivity contribution >= 4 is 5.91 Å². The zero-order valence-corrected chi connectivity index (χ0v) is 16.5. The highest BCUT2D eigenvalue weighted by molar-refractivity contribution is 5.96. The van der Waals surface area contributed by atoms with Crippen molar-refractivity contribution in [2.75, 3.05) is 6.61 Å². The second-order valence-electron chi connectivity index (χ2n) is 7.48. The lowest BCUT2D eigenvalue weighted by Gasteiger charge is -2.27. The fourth-order valence-electron chi connectivity index (χ4n) is 3.19. The van der Waals surface area contributed by atoms with Crippen LogP contribution in [0, 0.1) is 12.7 Å². The van der Waals surface area contributed by atoms with E-state index in [9.17, 15) is 9.18 Å². The van der Waals surface area contributed by atoms with Gasteiger partial charge in [0.15, 0.2) is 5.82 Å². The molecule has 1 aromatic heterocycles. The molecule has 150 valence electrons. The highest BCUT2D eigenvalue weighted by atomic mass is 19.1. The SMILES string of the molecule is Cc1ccc(-c2cc(C(=O)NC3CCO3)cc(-n3nnnc3C(C)C)c2)c(F)c1. The Balaban J connectivity index is 1.82. The fourth-order valence-corrected chi connectivity index (χ4v) is 3.19. The molecule has 3 aromatic rings. The summed E-state index contributed by atoms with van der Waals surface area (Å²) in [6.07, 6.45) is 0.486. The zero-order chi connectivity index (χ0) is 20.5. The lowest BCUT2D eigenvalue weighted by atomic mass is 9.99. The van der Waals surface area contributed by atoms with Crippen LogP contribution in [0.3, 0.4) is 0 Å². The van der Waals surface area contributed by atoms with Crippen LogP contribution in [0.2, 0.25) is 0 Å². The number of benzene rings is 2. The maximum absolute atomic E-state index is 14.7. The lowest BCUT2D eigenvalue weighted by Crippen LogP contribution is -2.44. The van der Waals surface area contributed by atoms with Crippen molar-refractivity contribution in [3.63, 3.8) is 0 Å². The Labute approximate surface area is 167 Å². The molecule has 0 radical (unpaired) electrons. The van der Waals surface area contributed by atoms with Crippen LogP contribution < -0.4 is 5.32 Å². The molecule has 1 N–H and O–H groups in total. The lowest BCUT2D eigenvalue weighted by molar-refractivity contribution is -0.0647. The van der Waals surface area contributed by atoms with Crippen molar-refractivity contribution < 1.29 is 13.9 Å². The van der Waals surface area contributed by atoms with Gasteiger partial charge in [0, 0.05) is 23.5 Å². The first-order valence-corrected chi connectivity index (χ1v) is 9.55.